The lowest BCUT2D eigenvalue weighted by atomic mass is 9.80. The average molecular weight is 249 g/mol. The fourth-order valence-electron chi connectivity index (χ4n) is 2.07. The van der Waals surface area contributed by atoms with Crippen molar-refractivity contribution in [2.75, 3.05) is 6.54 Å². The molecule has 0 saturated heterocycles. The molecule has 1 heterocycles. The maximum Gasteiger partial charge on any atom is 0.253 e. The highest BCUT2D eigenvalue weighted by Gasteiger charge is 2.34. The summed E-state index contributed by atoms with van der Waals surface area (Å²) in [4.78, 5) is 12.1. The molecule has 2 N–H and O–H groups in total. The van der Waals surface area contributed by atoms with E-state index in [2.05, 4.69) is 15.5 Å². The molecule has 98 valence electrons. The van der Waals surface area contributed by atoms with Gasteiger partial charge in [-0.05, 0) is 38.7 Å². The van der Waals surface area contributed by atoms with Gasteiger partial charge in [0.15, 0.2) is 0 Å². The molecule has 1 aliphatic rings. The molecular formula is C13H19N3O2. The van der Waals surface area contributed by atoms with Crippen LogP contribution in [-0.2, 0) is 6.42 Å². The fraction of sp³-hybridized carbons (Fsp3) is 0.615. The number of hydrogen-bond donors (Lipinski definition) is 2. The summed E-state index contributed by atoms with van der Waals surface area (Å²) in [5.74, 6) is -0.176. The highest BCUT2D eigenvalue weighted by Crippen LogP contribution is 2.30. The minimum Gasteiger partial charge on any atom is -0.388 e. The van der Waals surface area contributed by atoms with Crippen LogP contribution in [0.25, 0.3) is 0 Å². The van der Waals surface area contributed by atoms with Gasteiger partial charge in [-0.25, -0.2) is 0 Å². The second kappa shape index (κ2) is 5.02. The largest absolute Gasteiger partial charge is 0.388 e. The van der Waals surface area contributed by atoms with E-state index in [-0.39, 0.29) is 5.91 Å². The molecule has 0 aliphatic heterocycles. The molecular weight excluding hydrogens is 230 g/mol. The number of aryl methyl sites for hydroxylation is 2. The Morgan fingerprint density at radius 2 is 2.22 bits per heavy atom. The number of rotatable bonds is 4. The lowest BCUT2D eigenvalue weighted by Crippen LogP contribution is -2.47. The third kappa shape index (κ3) is 2.67. The number of amides is 1. The molecule has 0 atom stereocenters. The molecule has 5 heteroatoms. The van der Waals surface area contributed by atoms with Crippen LogP contribution in [0.5, 0.6) is 0 Å². The van der Waals surface area contributed by atoms with E-state index in [0.717, 1.165) is 25.0 Å². The molecule has 1 amide bonds. The number of nitrogens with zero attached hydrogens (tertiary/aromatic N) is 2. The Hall–Kier alpha value is -1.49. The summed E-state index contributed by atoms with van der Waals surface area (Å²) in [5, 5.41) is 20.7. The van der Waals surface area contributed by atoms with Crippen molar-refractivity contribution in [3.63, 3.8) is 0 Å². The maximum atomic E-state index is 12.1. The highest BCUT2D eigenvalue weighted by molar-refractivity contribution is 5.95. The van der Waals surface area contributed by atoms with Crippen molar-refractivity contribution in [2.24, 2.45) is 0 Å². The lowest BCUT2D eigenvalue weighted by molar-refractivity contribution is -0.0300. The Morgan fingerprint density at radius 3 is 2.78 bits per heavy atom. The first-order valence-corrected chi connectivity index (χ1v) is 6.38. The molecule has 0 bridgehead atoms. The molecule has 1 fully saturated rings. The maximum absolute atomic E-state index is 12.1. The Kier molecular flexibility index (Phi) is 3.61. The molecule has 1 aliphatic carbocycles. The van der Waals surface area contributed by atoms with Crippen LogP contribution in [0, 0.1) is 6.92 Å². The SMILES string of the molecule is CCc1nnc(C)cc1C(=O)NCC1(O)CCC1. The number of aromatic nitrogens is 2. The van der Waals surface area contributed by atoms with Crippen molar-refractivity contribution < 1.29 is 9.90 Å². The molecule has 18 heavy (non-hydrogen) atoms. The predicted octanol–water partition coefficient (Wildman–Crippen LogP) is 0.992. The number of aliphatic hydroxyl groups is 1. The van der Waals surface area contributed by atoms with Gasteiger partial charge >= 0.3 is 0 Å². The van der Waals surface area contributed by atoms with Gasteiger partial charge < -0.3 is 10.4 Å². The summed E-state index contributed by atoms with van der Waals surface area (Å²) in [6.45, 7) is 4.06. The molecule has 0 unspecified atom stereocenters. The van der Waals surface area contributed by atoms with Crippen molar-refractivity contribution in [3.05, 3.63) is 23.0 Å². The van der Waals surface area contributed by atoms with E-state index in [0.29, 0.717) is 24.2 Å². The first-order valence-electron chi connectivity index (χ1n) is 6.38. The van der Waals surface area contributed by atoms with E-state index in [9.17, 15) is 9.90 Å². The van der Waals surface area contributed by atoms with E-state index < -0.39 is 5.60 Å². The van der Waals surface area contributed by atoms with Gasteiger partial charge in [-0.2, -0.15) is 10.2 Å². The second-order valence-corrected chi connectivity index (χ2v) is 4.96. The summed E-state index contributed by atoms with van der Waals surface area (Å²) in [7, 11) is 0. The smallest absolute Gasteiger partial charge is 0.253 e. The van der Waals surface area contributed by atoms with Crippen LogP contribution < -0.4 is 5.32 Å². The summed E-state index contributed by atoms with van der Waals surface area (Å²) in [5.41, 5.74) is 1.28. The van der Waals surface area contributed by atoms with Gasteiger partial charge in [0.1, 0.15) is 0 Å². The quantitative estimate of drug-likeness (QED) is 0.834. The minimum atomic E-state index is -0.697. The van der Waals surface area contributed by atoms with Crippen molar-refractivity contribution in [3.8, 4) is 0 Å². The van der Waals surface area contributed by atoms with E-state index in [1.807, 2.05) is 13.8 Å². The van der Waals surface area contributed by atoms with Crippen LogP contribution >= 0.6 is 0 Å². The Morgan fingerprint density at radius 1 is 1.50 bits per heavy atom. The number of hydrogen-bond acceptors (Lipinski definition) is 4. The van der Waals surface area contributed by atoms with Gasteiger partial charge in [-0.15, -0.1) is 0 Å². The topological polar surface area (TPSA) is 75.1 Å². The van der Waals surface area contributed by atoms with Crippen LogP contribution in [0.1, 0.15) is 47.9 Å². The predicted molar refractivity (Wildman–Crippen MR) is 67.3 cm³/mol. The third-order valence-electron chi connectivity index (χ3n) is 3.43. The van der Waals surface area contributed by atoms with Gasteiger partial charge in [-0.1, -0.05) is 6.92 Å². The fourth-order valence-corrected chi connectivity index (χ4v) is 2.07. The first kappa shape index (κ1) is 13.0. The van der Waals surface area contributed by atoms with Crippen LogP contribution in [0.15, 0.2) is 6.07 Å². The van der Waals surface area contributed by atoms with Crippen LogP contribution in [0.4, 0.5) is 0 Å². The summed E-state index contributed by atoms with van der Waals surface area (Å²) >= 11 is 0. The summed E-state index contributed by atoms with van der Waals surface area (Å²) in [6.07, 6.45) is 3.23. The van der Waals surface area contributed by atoms with Crippen molar-refractivity contribution >= 4 is 5.91 Å². The van der Waals surface area contributed by atoms with E-state index >= 15 is 0 Å². The van der Waals surface area contributed by atoms with Gasteiger partial charge in [0.2, 0.25) is 0 Å². The first-order chi connectivity index (χ1) is 8.54. The molecule has 1 saturated carbocycles. The zero-order chi connectivity index (χ0) is 13.2. The average Bonchev–Trinajstić information content (AvgIpc) is 2.33. The number of carbonyl (C=O) groups is 1. The van der Waals surface area contributed by atoms with E-state index in [1.165, 1.54) is 0 Å². The zero-order valence-electron chi connectivity index (χ0n) is 10.9. The van der Waals surface area contributed by atoms with Gasteiger partial charge in [0.05, 0.1) is 22.6 Å². The van der Waals surface area contributed by atoms with Gasteiger partial charge in [0.25, 0.3) is 5.91 Å². The van der Waals surface area contributed by atoms with Crippen molar-refractivity contribution in [1.29, 1.82) is 0 Å². The molecule has 1 aromatic heterocycles. The molecule has 2 rings (SSSR count). The lowest BCUT2D eigenvalue weighted by Gasteiger charge is -2.36. The van der Waals surface area contributed by atoms with Gasteiger partial charge in [-0.3, -0.25) is 4.79 Å². The normalized spacial score (nSPS) is 17.1. The van der Waals surface area contributed by atoms with E-state index in [4.69, 9.17) is 0 Å². The van der Waals surface area contributed by atoms with Crippen LogP contribution in [0.2, 0.25) is 0 Å². The molecule has 0 spiro atoms. The minimum absolute atomic E-state index is 0.176. The standard InChI is InChI=1S/C13H19N3O2/c1-3-11-10(7-9(2)15-16-11)12(17)14-8-13(18)5-4-6-13/h7,18H,3-6,8H2,1-2H3,(H,14,17). The Balaban J connectivity index is 2.05. The van der Waals surface area contributed by atoms with Gasteiger partial charge in [0, 0.05) is 6.54 Å². The molecule has 0 aromatic carbocycles. The molecule has 0 radical (unpaired) electrons. The summed E-state index contributed by atoms with van der Waals surface area (Å²) in [6, 6.07) is 1.74. The molecule has 5 nitrogen and oxygen atoms in total. The van der Waals surface area contributed by atoms with Crippen LogP contribution in [-0.4, -0.2) is 33.4 Å². The van der Waals surface area contributed by atoms with Crippen molar-refractivity contribution in [1.82, 2.24) is 15.5 Å². The van der Waals surface area contributed by atoms with E-state index in [1.54, 1.807) is 6.07 Å². The van der Waals surface area contributed by atoms with Crippen molar-refractivity contribution in [2.45, 2.75) is 45.1 Å². The number of carbonyl (C=O) groups excluding carboxylic acids is 1. The Bertz CT molecular complexity index is 456. The van der Waals surface area contributed by atoms with Crippen LogP contribution in [0.3, 0.4) is 0 Å². The Labute approximate surface area is 107 Å². The molecule has 1 aromatic rings. The second-order valence-electron chi connectivity index (χ2n) is 4.96. The summed E-state index contributed by atoms with van der Waals surface area (Å²) < 4.78 is 0. The monoisotopic (exact) mass is 249 g/mol. The highest BCUT2D eigenvalue weighted by atomic mass is 16.3. The third-order valence-corrected chi connectivity index (χ3v) is 3.43. The zero-order valence-corrected chi connectivity index (χ0v) is 10.9. The number of nitrogens with one attached hydrogen (secondary N) is 1.